The van der Waals surface area contributed by atoms with Crippen LogP contribution in [0, 0.1) is 12.7 Å². The van der Waals surface area contributed by atoms with Crippen molar-refractivity contribution in [1.29, 1.82) is 0 Å². The lowest BCUT2D eigenvalue weighted by atomic mass is 10.1. The molecule has 114 valence electrons. The van der Waals surface area contributed by atoms with Crippen LogP contribution in [-0.4, -0.2) is 38.9 Å². The number of halogens is 1. The highest BCUT2D eigenvalue weighted by atomic mass is 32.2. The van der Waals surface area contributed by atoms with E-state index in [4.69, 9.17) is 4.74 Å². The van der Waals surface area contributed by atoms with E-state index in [1.807, 2.05) is 0 Å². The molecule has 0 bridgehead atoms. The van der Waals surface area contributed by atoms with Crippen LogP contribution in [0.1, 0.15) is 22.8 Å². The molecule has 7 heteroatoms. The number of methoxy groups -OCH3 is 1. The lowest BCUT2D eigenvalue weighted by Crippen LogP contribution is -2.30. The van der Waals surface area contributed by atoms with Gasteiger partial charge in [-0.15, -0.1) is 0 Å². The van der Waals surface area contributed by atoms with Gasteiger partial charge in [0.1, 0.15) is 10.7 Å². The topological polar surface area (TPSA) is 63.7 Å². The van der Waals surface area contributed by atoms with Gasteiger partial charge in [0, 0.05) is 7.11 Å². The summed E-state index contributed by atoms with van der Waals surface area (Å²) in [6.07, 6.45) is 1.61. The van der Waals surface area contributed by atoms with E-state index in [2.05, 4.69) is 0 Å². The summed E-state index contributed by atoms with van der Waals surface area (Å²) in [5.41, 5.74) is 0.933. The number of benzene rings is 1. The maximum absolute atomic E-state index is 13.4. The first-order valence-electron chi connectivity index (χ1n) is 6.31. The zero-order valence-corrected chi connectivity index (χ0v) is 12.8. The Hall–Kier alpha value is -1.73. The molecule has 1 amide bonds. The zero-order valence-electron chi connectivity index (χ0n) is 12.0. The monoisotopic (exact) mass is 313 g/mol. The first-order valence-corrected chi connectivity index (χ1v) is 7.75. The van der Waals surface area contributed by atoms with E-state index in [1.54, 1.807) is 13.0 Å². The van der Waals surface area contributed by atoms with Crippen LogP contribution in [0.25, 0.3) is 0 Å². The number of hydrogen-bond donors (Lipinski definition) is 0. The van der Waals surface area contributed by atoms with Gasteiger partial charge in [0.15, 0.2) is 0 Å². The lowest BCUT2D eigenvalue weighted by molar-refractivity contribution is 0.0880. The molecule has 0 fully saturated rings. The maximum atomic E-state index is 13.4. The number of rotatable bonds is 4. The first kappa shape index (κ1) is 15.7. The van der Waals surface area contributed by atoms with Gasteiger partial charge < -0.3 is 4.74 Å². The summed E-state index contributed by atoms with van der Waals surface area (Å²) in [6, 6.07) is 2.08. The molecule has 1 aliphatic rings. The van der Waals surface area contributed by atoms with Crippen molar-refractivity contribution in [3.63, 3.8) is 0 Å². The second kappa shape index (κ2) is 5.57. The Morgan fingerprint density at radius 2 is 2.10 bits per heavy atom. The van der Waals surface area contributed by atoms with Gasteiger partial charge in [0.2, 0.25) is 0 Å². The molecule has 0 spiro atoms. The van der Waals surface area contributed by atoms with Crippen LogP contribution in [-0.2, 0) is 14.8 Å². The number of fused-ring (bicyclic) bond motifs is 1. The largest absolute Gasteiger partial charge is 0.380 e. The number of carbonyl (C=O) groups is 1. The summed E-state index contributed by atoms with van der Waals surface area (Å²) in [7, 11) is -2.40. The van der Waals surface area contributed by atoms with E-state index in [0.717, 1.165) is 22.0 Å². The van der Waals surface area contributed by atoms with Crippen molar-refractivity contribution in [2.45, 2.75) is 18.7 Å². The van der Waals surface area contributed by atoms with Crippen molar-refractivity contribution < 1.29 is 22.3 Å². The number of carbonyl (C=O) groups excluding carboxylic acids is 1. The minimum Gasteiger partial charge on any atom is -0.380 e. The van der Waals surface area contributed by atoms with Crippen molar-refractivity contribution in [3.8, 4) is 0 Å². The van der Waals surface area contributed by atoms with Gasteiger partial charge in [0.25, 0.3) is 15.9 Å². The van der Waals surface area contributed by atoms with Gasteiger partial charge in [-0.3, -0.25) is 4.79 Å². The minimum atomic E-state index is -3.92. The Balaban J connectivity index is 2.43. The summed E-state index contributed by atoms with van der Waals surface area (Å²) < 4.78 is 43.9. The third-order valence-corrected chi connectivity index (χ3v) is 5.17. The highest BCUT2D eigenvalue weighted by Gasteiger charge is 2.42. The lowest BCUT2D eigenvalue weighted by Gasteiger charge is -2.13. The molecule has 2 rings (SSSR count). The number of amides is 1. The van der Waals surface area contributed by atoms with E-state index in [0.29, 0.717) is 6.61 Å². The molecule has 0 aromatic heterocycles. The molecule has 0 radical (unpaired) electrons. The molecule has 5 nitrogen and oxygen atoms in total. The van der Waals surface area contributed by atoms with E-state index in [1.165, 1.54) is 14.0 Å². The van der Waals surface area contributed by atoms with Crippen LogP contribution < -0.4 is 0 Å². The van der Waals surface area contributed by atoms with Gasteiger partial charge in [-0.25, -0.2) is 17.1 Å². The Bertz CT molecular complexity index is 725. The Kier molecular flexibility index (Phi) is 4.15. The summed E-state index contributed by atoms with van der Waals surface area (Å²) in [5.74, 6) is -1.32. The van der Waals surface area contributed by atoms with Crippen molar-refractivity contribution in [3.05, 3.63) is 40.7 Å². The standard InChI is InChI=1S/C14H16FNO4S/c1-9(8-20-3)4-5-16-14(17)12-7-11(15)6-10(2)13(12)21(16,18)19/h4,6-7H,5,8H2,1-3H3/b9-4+. The van der Waals surface area contributed by atoms with E-state index >= 15 is 0 Å². The van der Waals surface area contributed by atoms with Crippen molar-refractivity contribution in [2.24, 2.45) is 0 Å². The Morgan fingerprint density at radius 3 is 2.71 bits per heavy atom. The Morgan fingerprint density at radius 1 is 1.43 bits per heavy atom. The fourth-order valence-corrected chi connectivity index (χ4v) is 3.99. The van der Waals surface area contributed by atoms with Crippen LogP contribution in [0.5, 0.6) is 0 Å². The second-order valence-electron chi connectivity index (χ2n) is 4.92. The van der Waals surface area contributed by atoms with Crippen molar-refractivity contribution in [1.82, 2.24) is 4.31 Å². The number of aryl methyl sites for hydroxylation is 1. The number of nitrogens with zero attached hydrogens (tertiary/aromatic N) is 1. The molecular formula is C14H16FNO4S. The van der Waals surface area contributed by atoms with Gasteiger partial charge >= 0.3 is 0 Å². The fraction of sp³-hybridized carbons (Fsp3) is 0.357. The predicted octanol–water partition coefficient (Wildman–Crippen LogP) is 1.87. The summed E-state index contributed by atoms with van der Waals surface area (Å²) in [4.78, 5) is 12.1. The minimum absolute atomic E-state index is 0.0912. The summed E-state index contributed by atoms with van der Waals surface area (Å²) in [6.45, 7) is 3.51. The maximum Gasteiger partial charge on any atom is 0.269 e. The van der Waals surface area contributed by atoms with Gasteiger partial charge in [-0.1, -0.05) is 11.6 Å². The average Bonchev–Trinajstić information content (AvgIpc) is 2.55. The highest BCUT2D eigenvalue weighted by molar-refractivity contribution is 7.90. The third-order valence-electron chi connectivity index (χ3n) is 3.22. The normalized spacial score (nSPS) is 17.2. The summed E-state index contributed by atoms with van der Waals surface area (Å²) >= 11 is 0. The van der Waals surface area contributed by atoms with Gasteiger partial charge in [-0.05, 0) is 31.5 Å². The number of sulfonamides is 1. The van der Waals surface area contributed by atoms with E-state index in [9.17, 15) is 17.6 Å². The SMILES string of the molecule is COC/C(C)=C/CN1C(=O)c2cc(F)cc(C)c2S1(=O)=O. The fourth-order valence-electron chi connectivity index (χ4n) is 2.29. The van der Waals surface area contributed by atoms with E-state index in [-0.39, 0.29) is 22.6 Å². The van der Waals surface area contributed by atoms with Crippen molar-refractivity contribution >= 4 is 15.9 Å². The zero-order chi connectivity index (χ0) is 15.8. The third kappa shape index (κ3) is 2.71. The highest BCUT2D eigenvalue weighted by Crippen LogP contribution is 2.33. The van der Waals surface area contributed by atoms with E-state index < -0.39 is 21.7 Å². The molecule has 1 heterocycles. The molecule has 1 aromatic rings. The molecule has 0 N–H and O–H groups in total. The van der Waals surface area contributed by atoms with Crippen LogP contribution in [0.15, 0.2) is 28.7 Å². The molecule has 21 heavy (non-hydrogen) atoms. The second-order valence-corrected chi connectivity index (χ2v) is 6.72. The molecule has 1 aromatic carbocycles. The molecule has 0 atom stereocenters. The summed E-state index contributed by atoms with van der Waals surface area (Å²) in [5, 5.41) is 0. The predicted molar refractivity (Wildman–Crippen MR) is 75.0 cm³/mol. The quantitative estimate of drug-likeness (QED) is 0.796. The molecule has 0 saturated carbocycles. The van der Waals surface area contributed by atoms with Crippen LogP contribution in [0.3, 0.4) is 0 Å². The molecule has 0 saturated heterocycles. The smallest absolute Gasteiger partial charge is 0.269 e. The molecule has 1 aliphatic heterocycles. The molecular weight excluding hydrogens is 297 g/mol. The Labute approximate surface area is 123 Å². The average molecular weight is 313 g/mol. The molecule has 0 aliphatic carbocycles. The van der Waals surface area contributed by atoms with Crippen LogP contribution >= 0.6 is 0 Å². The van der Waals surface area contributed by atoms with Crippen LogP contribution in [0.4, 0.5) is 4.39 Å². The molecule has 0 unspecified atom stereocenters. The number of hydrogen-bond acceptors (Lipinski definition) is 4. The van der Waals surface area contributed by atoms with Gasteiger partial charge in [-0.2, -0.15) is 0 Å². The van der Waals surface area contributed by atoms with Gasteiger partial charge in [0.05, 0.1) is 18.7 Å². The van der Waals surface area contributed by atoms with Crippen LogP contribution in [0.2, 0.25) is 0 Å². The van der Waals surface area contributed by atoms with Crippen molar-refractivity contribution in [2.75, 3.05) is 20.3 Å². The first-order chi connectivity index (χ1) is 9.78. The number of ether oxygens (including phenoxy) is 1.